The molecule has 14 heavy (non-hydrogen) atoms. The molecule has 0 atom stereocenters. The molecule has 0 bridgehead atoms. The summed E-state index contributed by atoms with van der Waals surface area (Å²) < 4.78 is 0. The van der Waals surface area contributed by atoms with E-state index in [1.165, 1.54) is 6.20 Å². The van der Waals surface area contributed by atoms with Crippen molar-refractivity contribution in [2.24, 2.45) is 0 Å². The van der Waals surface area contributed by atoms with Crippen molar-refractivity contribution in [3.8, 4) is 6.07 Å². The molecular weight excluding hydrogens is 176 g/mol. The van der Waals surface area contributed by atoms with Crippen molar-refractivity contribution >= 4 is 5.78 Å². The minimum atomic E-state index is 0.0910. The molecule has 1 heterocycles. The van der Waals surface area contributed by atoms with Crippen LogP contribution in [0.2, 0.25) is 0 Å². The summed E-state index contributed by atoms with van der Waals surface area (Å²) in [5.41, 5.74) is 2.90. The van der Waals surface area contributed by atoms with E-state index < -0.39 is 0 Å². The Hall–Kier alpha value is -1.69. The summed E-state index contributed by atoms with van der Waals surface area (Å²) in [4.78, 5) is 15.8. The zero-order valence-electron chi connectivity index (χ0n) is 8.00. The zero-order valence-corrected chi connectivity index (χ0v) is 8.00. The summed E-state index contributed by atoms with van der Waals surface area (Å²) in [6.45, 7) is 1.89. The smallest absolute Gasteiger partial charge is 0.164 e. The first-order valence-electron chi connectivity index (χ1n) is 4.66. The van der Waals surface area contributed by atoms with Gasteiger partial charge in [0.1, 0.15) is 6.07 Å². The van der Waals surface area contributed by atoms with Crippen molar-refractivity contribution < 1.29 is 4.79 Å². The SMILES string of the molecule is Cc1ncc(C#N)c2c1CCCC2=O. The number of aryl methyl sites for hydroxylation is 1. The summed E-state index contributed by atoms with van der Waals surface area (Å²) in [6, 6.07) is 2.03. The summed E-state index contributed by atoms with van der Waals surface area (Å²) in [5, 5.41) is 8.86. The highest BCUT2D eigenvalue weighted by Gasteiger charge is 2.22. The molecule has 0 amide bonds. The van der Waals surface area contributed by atoms with Gasteiger partial charge in [-0.3, -0.25) is 9.78 Å². The molecule has 0 saturated carbocycles. The fourth-order valence-electron chi connectivity index (χ4n) is 1.91. The van der Waals surface area contributed by atoms with E-state index in [0.717, 1.165) is 24.1 Å². The Labute approximate surface area is 82.4 Å². The van der Waals surface area contributed by atoms with Crippen molar-refractivity contribution in [3.63, 3.8) is 0 Å². The largest absolute Gasteiger partial charge is 0.294 e. The van der Waals surface area contributed by atoms with Crippen LogP contribution >= 0.6 is 0 Å². The van der Waals surface area contributed by atoms with Crippen LogP contribution in [0.1, 0.15) is 40.0 Å². The quantitative estimate of drug-likeness (QED) is 0.620. The van der Waals surface area contributed by atoms with E-state index >= 15 is 0 Å². The predicted octanol–water partition coefficient (Wildman–Crippen LogP) is 1.78. The lowest BCUT2D eigenvalue weighted by atomic mass is 9.87. The first-order valence-corrected chi connectivity index (χ1v) is 4.66. The van der Waals surface area contributed by atoms with Gasteiger partial charge in [-0.05, 0) is 25.3 Å². The lowest BCUT2D eigenvalue weighted by Crippen LogP contribution is -2.15. The van der Waals surface area contributed by atoms with Crippen molar-refractivity contribution in [1.29, 1.82) is 5.26 Å². The zero-order chi connectivity index (χ0) is 10.1. The number of rotatable bonds is 0. The van der Waals surface area contributed by atoms with Crippen molar-refractivity contribution in [3.05, 3.63) is 28.6 Å². The molecule has 70 valence electrons. The van der Waals surface area contributed by atoms with Crippen LogP contribution in [0, 0.1) is 18.3 Å². The molecule has 0 unspecified atom stereocenters. The van der Waals surface area contributed by atoms with Crippen LogP contribution in [0.15, 0.2) is 6.20 Å². The predicted molar refractivity (Wildman–Crippen MR) is 51.0 cm³/mol. The number of aromatic nitrogens is 1. The van der Waals surface area contributed by atoms with Gasteiger partial charge >= 0.3 is 0 Å². The minimum Gasteiger partial charge on any atom is -0.294 e. The molecule has 0 saturated heterocycles. The molecule has 0 radical (unpaired) electrons. The number of fused-ring (bicyclic) bond motifs is 1. The third-order valence-electron chi connectivity index (χ3n) is 2.63. The third kappa shape index (κ3) is 1.20. The maximum atomic E-state index is 11.6. The highest BCUT2D eigenvalue weighted by molar-refractivity contribution is 6.00. The van der Waals surface area contributed by atoms with Crippen LogP contribution < -0.4 is 0 Å². The van der Waals surface area contributed by atoms with E-state index in [-0.39, 0.29) is 5.78 Å². The van der Waals surface area contributed by atoms with E-state index in [0.29, 0.717) is 17.5 Å². The van der Waals surface area contributed by atoms with Gasteiger partial charge in [-0.25, -0.2) is 0 Å². The van der Waals surface area contributed by atoms with Gasteiger partial charge in [0.15, 0.2) is 5.78 Å². The van der Waals surface area contributed by atoms with Crippen molar-refractivity contribution in [2.75, 3.05) is 0 Å². The first-order chi connectivity index (χ1) is 6.74. The average Bonchev–Trinajstić information content (AvgIpc) is 2.20. The van der Waals surface area contributed by atoms with E-state index in [2.05, 4.69) is 4.98 Å². The van der Waals surface area contributed by atoms with Gasteiger partial charge in [0.2, 0.25) is 0 Å². The number of hydrogen-bond acceptors (Lipinski definition) is 3. The summed E-state index contributed by atoms with van der Waals surface area (Å²) in [5.74, 6) is 0.0910. The topological polar surface area (TPSA) is 53.8 Å². The number of pyridine rings is 1. The Balaban J connectivity index is 2.72. The third-order valence-corrected chi connectivity index (χ3v) is 2.63. The van der Waals surface area contributed by atoms with Gasteiger partial charge in [-0.15, -0.1) is 0 Å². The lowest BCUT2D eigenvalue weighted by Gasteiger charge is -2.16. The van der Waals surface area contributed by atoms with Gasteiger partial charge in [0, 0.05) is 23.9 Å². The Morgan fingerprint density at radius 3 is 3.00 bits per heavy atom. The van der Waals surface area contributed by atoms with Gasteiger partial charge in [0.25, 0.3) is 0 Å². The summed E-state index contributed by atoms with van der Waals surface area (Å²) >= 11 is 0. The minimum absolute atomic E-state index is 0.0910. The molecule has 3 heteroatoms. The number of carbonyl (C=O) groups excluding carboxylic acids is 1. The Morgan fingerprint density at radius 1 is 1.50 bits per heavy atom. The molecule has 2 rings (SSSR count). The number of Topliss-reactive ketones (excluding diaryl/α,β-unsaturated/α-hetero) is 1. The molecule has 0 N–H and O–H groups in total. The van der Waals surface area contributed by atoms with Gasteiger partial charge in [0.05, 0.1) is 5.56 Å². The number of carbonyl (C=O) groups is 1. The van der Waals surface area contributed by atoms with Crippen LogP contribution in [-0.4, -0.2) is 10.8 Å². The molecule has 1 aromatic heterocycles. The fraction of sp³-hybridized carbons (Fsp3) is 0.364. The molecule has 1 aromatic rings. The second kappa shape index (κ2) is 3.22. The molecule has 0 fully saturated rings. The molecule has 1 aliphatic rings. The monoisotopic (exact) mass is 186 g/mol. The van der Waals surface area contributed by atoms with E-state index in [9.17, 15) is 4.79 Å². The van der Waals surface area contributed by atoms with Crippen LogP contribution in [0.4, 0.5) is 0 Å². The molecule has 3 nitrogen and oxygen atoms in total. The second-order valence-corrected chi connectivity index (χ2v) is 3.50. The number of nitrogens with zero attached hydrogens (tertiary/aromatic N) is 2. The first kappa shape index (κ1) is 8.89. The maximum absolute atomic E-state index is 11.6. The normalized spacial score (nSPS) is 14.7. The van der Waals surface area contributed by atoms with Gasteiger partial charge < -0.3 is 0 Å². The van der Waals surface area contributed by atoms with Gasteiger partial charge in [-0.1, -0.05) is 0 Å². The standard InChI is InChI=1S/C11H10N2O/c1-7-9-3-2-4-10(14)11(9)8(5-12)6-13-7/h6H,2-4H2,1H3. The fourth-order valence-corrected chi connectivity index (χ4v) is 1.91. The van der Waals surface area contributed by atoms with Gasteiger partial charge in [-0.2, -0.15) is 5.26 Å². The highest BCUT2D eigenvalue weighted by atomic mass is 16.1. The van der Waals surface area contributed by atoms with Crippen LogP contribution in [-0.2, 0) is 6.42 Å². The van der Waals surface area contributed by atoms with E-state index in [1.54, 1.807) is 0 Å². The highest BCUT2D eigenvalue weighted by Crippen LogP contribution is 2.25. The Kier molecular flexibility index (Phi) is 2.05. The second-order valence-electron chi connectivity index (χ2n) is 3.50. The van der Waals surface area contributed by atoms with E-state index in [1.807, 2.05) is 13.0 Å². The van der Waals surface area contributed by atoms with Crippen molar-refractivity contribution in [1.82, 2.24) is 4.98 Å². The molecular formula is C11H10N2O. The lowest BCUT2D eigenvalue weighted by molar-refractivity contribution is 0.0972. The summed E-state index contributed by atoms with van der Waals surface area (Å²) in [6.07, 6.45) is 3.81. The van der Waals surface area contributed by atoms with Crippen LogP contribution in [0.3, 0.4) is 0 Å². The Morgan fingerprint density at radius 2 is 2.29 bits per heavy atom. The van der Waals surface area contributed by atoms with Crippen LogP contribution in [0.25, 0.3) is 0 Å². The molecule has 1 aliphatic carbocycles. The molecule has 0 aromatic carbocycles. The molecule has 0 aliphatic heterocycles. The van der Waals surface area contributed by atoms with E-state index in [4.69, 9.17) is 5.26 Å². The van der Waals surface area contributed by atoms with Crippen molar-refractivity contribution in [2.45, 2.75) is 26.2 Å². The Bertz CT molecular complexity index is 443. The summed E-state index contributed by atoms with van der Waals surface area (Å²) in [7, 11) is 0. The average molecular weight is 186 g/mol. The number of ketones is 1. The number of hydrogen-bond donors (Lipinski definition) is 0. The van der Waals surface area contributed by atoms with Crippen LogP contribution in [0.5, 0.6) is 0 Å². The number of nitriles is 1. The molecule has 0 spiro atoms. The maximum Gasteiger partial charge on any atom is 0.164 e.